The van der Waals surface area contributed by atoms with Crippen LogP contribution < -0.4 is 10.0 Å². The molecule has 0 aliphatic carbocycles. The van der Waals surface area contributed by atoms with Crippen LogP contribution in [-0.4, -0.2) is 15.5 Å². The zero-order valence-electron chi connectivity index (χ0n) is 11.4. The van der Waals surface area contributed by atoms with Crippen molar-refractivity contribution in [2.75, 3.05) is 11.8 Å². The Morgan fingerprint density at radius 1 is 1.24 bits per heavy atom. The molecule has 0 atom stereocenters. The molecule has 2 aromatic rings. The van der Waals surface area contributed by atoms with E-state index in [1.807, 2.05) is 26.1 Å². The number of hydrogen-bond donors (Lipinski definition) is 2. The van der Waals surface area contributed by atoms with Crippen LogP contribution in [0.3, 0.4) is 0 Å². The lowest BCUT2D eigenvalue weighted by Gasteiger charge is -2.10. The Morgan fingerprint density at radius 2 is 1.95 bits per heavy atom. The van der Waals surface area contributed by atoms with Gasteiger partial charge in [-0.2, -0.15) is 0 Å². The first-order valence-corrected chi connectivity index (χ1v) is 9.94. The standard InChI is InChI=1S/C13H14Br2N2O2S2/c1-8-3-4-10(14)11(5-8)17-21(18,19)12-6-9(7-16-2)20-13(12)15/h3-6,16-17H,7H2,1-2H3. The smallest absolute Gasteiger partial charge is 0.263 e. The van der Waals surface area contributed by atoms with E-state index in [9.17, 15) is 8.42 Å². The summed E-state index contributed by atoms with van der Waals surface area (Å²) in [6.07, 6.45) is 0. The molecule has 0 aliphatic rings. The summed E-state index contributed by atoms with van der Waals surface area (Å²) >= 11 is 8.09. The number of aryl methyl sites for hydroxylation is 1. The van der Waals surface area contributed by atoms with Crippen LogP contribution in [0.15, 0.2) is 37.4 Å². The average molecular weight is 454 g/mol. The fourth-order valence-corrected chi connectivity index (χ4v) is 6.00. The SMILES string of the molecule is CNCc1cc(S(=O)(=O)Nc2cc(C)ccc2Br)c(Br)s1. The summed E-state index contributed by atoms with van der Waals surface area (Å²) in [5.41, 5.74) is 1.51. The molecule has 2 N–H and O–H groups in total. The second-order valence-corrected chi connectivity index (χ2v) is 9.43. The van der Waals surface area contributed by atoms with E-state index < -0.39 is 10.0 Å². The van der Waals surface area contributed by atoms with Crippen LogP contribution in [0.25, 0.3) is 0 Å². The van der Waals surface area contributed by atoms with Crippen molar-refractivity contribution < 1.29 is 8.42 Å². The maximum absolute atomic E-state index is 12.5. The van der Waals surface area contributed by atoms with Gasteiger partial charge in [0, 0.05) is 15.9 Å². The first kappa shape index (κ1) is 17.0. The minimum Gasteiger partial charge on any atom is -0.315 e. The van der Waals surface area contributed by atoms with Crippen molar-refractivity contribution >= 4 is 58.9 Å². The fraction of sp³-hybridized carbons (Fsp3) is 0.231. The molecule has 2 rings (SSSR count). The third kappa shape index (κ3) is 4.07. The monoisotopic (exact) mass is 452 g/mol. The molecule has 4 nitrogen and oxygen atoms in total. The van der Waals surface area contributed by atoms with Crippen molar-refractivity contribution in [3.05, 3.63) is 43.0 Å². The number of sulfonamides is 1. The van der Waals surface area contributed by atoms with Crippen molar-refractivity contribution in [1.82, 2.24) is 5.32 Å². The van der Waals surface area contributed by atoms with Crippen LogP contribution in [0.4, 0.5) is 5.69 Å². The molecule has 0 saturated heterocycles. The summed E-state index contributed by atoms with van der Waals surface area (Å²) in [5, 5.41) is 3.01. The lowest BCUT2D eigenvalue weighted by Crippen LogP contribution is -2.13. The van der Waals surface area contributed by atoms with E-state index in [0.29, 0.717) is 20.5 Å². The van der Waals surface area contributed by atoms with Crippen LogP contribution in [0, 0.1) is 6.92 Å². The Kier molecular flexibility index (Phi) is 5.48. The predicted octanol–water partition coefficient (Wildman–Crippen LogP) is 4.10. The average Bonchev–Trinajstić information content (AvgIpc) is 2.76. The molecule has 0 aliphatic heterocycles. The van der Waals surface area contributed by atoms with Crippen LogP contribution in [0.5, 0.6) is 0 Å². The minimum absolute atomic E-state index is 0.256. The summed E-state index contributed by atoms with van der Waals surface area (Å²) in [4.78, 5) is 1.21. The maximum atomic E-state index is 12.5. The number of nitrogens with one attached hydrogen (secondary N) is 2. The van der Waals surface area contributed by atoms with E-state index in [-0.39, 0.29) is 4.90 Å². The molecule has 1 aromatic carbocycles. The number of halogens is 2. The predicted molar refractivity (Wildman–Crippen MR) is 94.5 cm³/mol. The van der Waals surface area contributed by atoms with Gasteiger partial charge in [-0.25, -0.2) is 8.42 Å². The first-order chi connectivity index (χ1) is 9.83. The van der Waals surface area contributed by atoms with Gasteiger partial charge in [-0.15, -0.1) is 11.3 Å². The molecule has 0 radical (unpaired) electrons. The highest BCUT2D eigenvalue weighted by Crippen LogP contribution is 2.34. The number of thiophene rings is 1. The van der Waals surface area contributed by atoms with E-state index in [4.69, 9.17) is 0 Å². The van der Waals surface area contributed by atoms with Crippen LogP contribution in [-0.2, 0) is 16.6 Å². The molecule has 0 unspecified atom stereocenters. The molecule has 114 valence electrons. The molecular weight excluding hydrogens is 440 g/mol. The molecule has 0 spiro atoms. The number of benzene rings is 1. The third-order valence-corrected chi connectivity index (χ3v) is 7.02. The molecule has 0 saturated carbocycles. The zero-order valence-corrected chi connectivity index (χ0v) is 16.2. The van der Waals surface area contributed by atoms with Gasteiger partial charge in [0.25, 0.3) is 10.0 Å². The summed E-state index contributed by atoms with van der Waals surface area (Å²) < 4.78 is 29.0. The molecule has 1 heterocycles. The van der Waals surface area contributed by atoms with E-state index in [2.05, 4.69) is 41.9 Å². The summed E-state index contributed by atoms with van der Waals surface area (Å²) in [6.45, 7) is 2.54. The molecule has 21 heavy (non-hydrogen) atoms. The normalized spacial score (nSPS) is 11.6. The lowest BCUT2D eigenvalue weighted by atomic mass is 10.2. The second-order valence-electron chi connectivity index (χ2n) is 4.47. The summed E-state index contributed by atoms with van der Waals surface area (Å²) in [7, 11) is -1.80. The third-order valence-electron chi connectivity index (χ3n) is 2.71. The lowest BCUT2D eigenvalue weighted by molar-refractivity contribution is 0.601. The summed E-state index contributed by atoms with van der Waals surface area (Å²) in [6, 6.07) is 7.20. The topological polar surface area (TPSA) is 58.2 Å². The Hall–Kier alpha value is -0.410. The van der Waals surface area contributed by atoms with Crippen molar-refractivity contribution in [1.29, 1.82) is 0 Å². The molecule has 1 aromatic heterocycles. The van der Waals surface area contributed by atoms with Gasteiger partial charge in [0.2, 0.25) is 0 Å². The Labute approximate surface area is 145 Å². The van der Waals surface area contributed by atoms with Gasteiger partial charge in [-0.05, 0) is 69.6 Å². The number of rotatable bonds is 5. The Morgan fingerprint density at radius 3 is 2.62 bits per heavy atom. The Balaban J connectivity index is 2.36. The van der Waals surface area contributed by atoms with Crippen LogP contribution in [0.1, 0.15) is 10.4 Å². The minimum atomic E-state index is -3.62. The Bertz CT molecular complexity index is 758. The van der Waals surface area contributed by atoms with Gasteiger partial charge in [0.05, 0.1) is 9.47 Å². The van der Waals surface area contributed by atoms with Crippen LogP contribution in [0.2, 0.25) is 0 Å². The highest BCUT2D eigenvalue weighted by atomic mass is 79.9. The van der Waals surface area contributed by atoms with Gasteiger partial charge in [0.1, 0.15) is 4.90 Å². The van der Waals surface area contributed by atoms with Gasteiger partial charge in [0.15, 0.2) is 0 Å². The molecule has 0 fully saturated rings. The van der Waals surface area contributed by atoms with E-state index in [1.165, 1.54) is 11.3 Å². The van der Waals surface area contributed by atoms with Crippen molar-refractivity contribution in [3.63, 3.8) is 0 Å². The largest absolute Gasteiger partial charge is 0.315 e. The zero-order chi connectivity index (χ0) is 15.6. The van der Waals surface area contributed by atoms with Gasteiger partial charge < -0.3 is 5.32 Å². The van der Waals surface area contributed by atoms with E-state index >= 15 is 0 Å². The molecular formula is C13H14Br2N2O2S2. The molecule has 0 bridgehead atoms. The number of anilines is 1. The quantitative estimate of drug-likeness (QED) is 0.716. The highest BCUT2D eigenvalue weighted by Gasteiger charge is 2.21. The number of hydrogen-bond acceptors (Lipinski definition) is 4. The first-order valence-electron chi connectivity index (χ1n) is 6.05. The van der Waals surface area contributed by atoms with Gasteiger partial charge >= 0.3 is 0 Å². The highest BCUT2D eigenvalue weighted by molar-refractivity contribution is 9.11. The molecule has 0 amide bonds. The van der Waals surface area contributed by atoms with Crippen molar-refractivity contribution in [2.45, 2.75) is 18.4 Å². The molecule has 8 heteroatoms. The van der Waals surface area contributed by atoms with Gasteiger partial charge in [-0.1, -0.05) is 6.07 Å². The second kappa shape index (κ2) is 6.78. The van der Waals surface area contributed by atoms with Crippen molar-refractivity contribution in [3.8, 4) is 0 Å². The van der Waals surface area contributed by atoms with E-state index in [1.54, 1.807) is 12.1 Å². The van der Waals surface area contributed by atoms with Gasteiger partial charge in [-0.3, -0.25) is 4.72 Å². The fourth-order valence-electron chi connectivity index (χ4n) is 1.76. The van der Waals surface area contributed by atoms with E-state index in [0.717, 1.165) is 10.4 Å². The summed E-state index contributed by atoms with van der Waals surface area (Å²) in [5.74, 6) is 0. The van der Waals surface area contributed by atoms with Crippen LogP contribution >= 0.6 is 43.2 Å². The maximum Gasteiger partial charge on any atom is 0.263 e. The van der Waals surface area contributed by atoms with Crippen molar-refractivity contribution in [2.24, 2.45) is 0 Å².